The molecule has 0 spiro atoms. The van der Waals surface area contributed by atoms with E-state index in [0.29, 0.717) is 0 Å². The third-order valence-corrected chi connectivity index (χ3v) is 2.61. The van der Waals surface area contributed by atoms with Gasteiger partial charge in [0, 0.05) is 5.56 Å². The van der Waals surface area contributed by atoms with Gasteiger partial charge in [0.2, 0.25) is 5.12 Å². The van der Waals surface area contributed by atoms with Gasteiger partial charge in [0.15, 0.2) is 0 Å². The van der Waals surface area contributed by atoms with Gasteiger partial charge in [0.1, 0.15) is 0 Å². The summed E-state index contributed by atoms with van der Waals surface area (Å²) in [4.78, 5) is 11.2. The van der Waals surface area contributed by atoms with Crippen LogP contribution in [0.15, 0.2) is 24.3 Å². The molecule has 0 saturated heterocycles. The normalized spacial score (nSPS) is 10.0. The quantitative estimate of drug-likeness (QED) is 0.776. The average Bonchev–Trinajstić information content (AvgIpc) is 2.18. The Morgan fingerprint density at radius 1 is 1.38 bits per heavy atom. The number of benzene rings is 1. The molecule has 0 aromatic heterocycles. The number of hydrogen-bond acceptors (Lipinski definition) is 3. The maximum Gasteiger partial charge on any atom is 0.219 e. The summed E-state index contributed by atoms with van der Waals surface area (Å²) >= 11 is 5.39. The lowest BCUT2D eigenvalue weighted by Gasteiger charge is -2.00. The standard InChI is InChI=1S/C10H12OS2/c1-13-10(11)9-4-2-8(3-5-9)6-7-12/h2-5,12H,6-7H2,1H3. The molecule has 70 valence electrons. The Morgan fingerprint density at radius 3 is 2.46 bits per heavy atom. The molecule has 0 unspecified atom stereocenters. The van der Waals surface area contributed by atoms with Gasteiger partial charge in [-0.1, -0.05) is 36.0 Å². The van der Waals surface area contributed by atoms with Gasteiger partial charge in [0.25, 0.3) is 0 Å². The van der Waals surface area contributed by atoms with Gasteiger partial charge < -0.3 is 0 Å². The Bertz CT molecular complexity index is 279. The van der Waals surface area contributed by atoms with Gasteiger partial charge in [0.05, 0.1) is 0 Å². The van der Waals surface area contributed by atoms with E-state index in [-0.39, 0.29) is 5.12 Å². The summed E-state index contributed by atoms with van der Waals surface area (Å²) in [6.07, 6.45) is 2.75. The van der Waals surface area contributed by atoms with Crippen LogP contribution in [0.25, 0.3) is 0 Å². The monoisotopic (exact) mass is 212 g/mol. The number of rotatable bonds is 3. The lowest BCUT2D eigenvalue weighted by atomic mass is 10.1. The van der Waals surface area contributed by atoms with Crippen LogP contribution in [0.4, 0.5) is 0 Å². The van der Waals surface area contributed by atoms with Gasteiger partial charge in [-0.25, -0.2) is 0 Å². The molecule has 0 radical (unpaired) electrons. The van der Waals surface area contributed by atoms with E-state index in [1.807, 2.05) is 24.3 Å². The second kappa shape index (κ2) is 5.35. The number of carbonyl (C=O) groups is 1. The molecule has 0 atom stereocenters. The number of thiol groups is 1. The summed E-state index contributed by atoms with van der Waals surface area (Å²) in [6.45, 7) is 0. The maximum atomic E-state index is 11.2. The van der Waals surface area contributed by atoms with Crippen LogP contribution in [0.2, 0.25) is 0 Å². The molecule has 13 heavy (non-hydrogen) atoms. The molecule has 0 saturated carbocycles. The summed E-state index contributed by atoms with van der Waals surface area (Å²) in [5.74, 6) is 0.843. The number of hydrogen-bond donors (Lipinski definition) is 1. The highest BCUT2D eigenvalue weighted by Crippen LogP contribution is 2.11. The Kier molecular flexibility index (Phi) is 4.39. The van der Waals surface area contributed by atoms with Crippen LogP contribution in [-0.4, -0.2) is 17.1 Å². The SMILES string of the molecule is CSC(=O)c1ccc(CCS)cc1. The van der Waals surface area contributed by atoms with Crippen LogP contribution in [0.5, 0.6) is 0 Å². The fraction of sp³-hybridized carbons (Fsp3) is 0.300. The molecular formula is C10H12OS2. The van der Waals surface area contributed by atoms with Crippen LogP contribution in [0, 0.1) is 0 Å². The summed E-state index contributed by atoms with van der Waals surface area (Å²) in [6, 6.07) is 7.72. The Morgan fingerprint density at radius 2 is 2.00 bits per heavy atom. The first kappa shape index (κ1) is 10.7. The van der Waals surface area contributed by atoms with E-state index < -0.39 is 0 Å². The summed E-state index contributed by atoms with van der Waals surface area (Å²) < 4.78 is 0. The van der Waals surface area contributed by atoms with Crippen molar-refractivity contribution in [3.05, 3.63) is 35.4 Å². The Labute approximate surface area is 88.3 Å². The van der Waals surface area contributed by atoms with Crippen molar-refractivity contribution in [3.63, 3.8) is 0 Å². The van der Waals surface area contributed by atoms with E-state index >= 15 is 0 Å². The fourth-order valence-corrected chi connectivity index (χ4v) is 1.68. The van der Waals surface area contributed by atoms with Crippen molar-refractivity contribution in [2.24, 2.45) is 0 Å². The molecule has 0 aliphatic heterocycles. The van der Waals surface area contributed by atoms with Crippen molar-refractivity contribution in [2.45, 2.75) is 6.42 Å². The largest absolute Gasteiger partial charge is 0.282 e. The minimum Gasteiger partial charge on any atom is -0.282 e. The third-order valence-electron chi connectivity index (χ3n) is 1.78. The second-order valence-corrected chi connectivity index (χ2v) is 3.89. The summed E-state index contributed by atoms with van der Waals surface area (Å²) in [5, 5.41) is 0.123. The van der Waals surface area contributed by atoms with Crippen LogP contribution in [0.1, 0.15) is 15.9 Å². The molecule has 0 aliphatic rings. The number of thioether (sulfide) groups is 1. The van der Waals surface area contributed by atoms with Crippen molar-refractivity contribution >= 4 is 29.5 Å². The van der Waals surface area contributed by atoms with Crippen LogP contribution < -0.4 is 0 Å². The van der Waals surface area contributed by atoms with E-state index in [0.717, 1.165) is 17.7 Å². The smallest absolute Gasteiger partial charge is 0.219 e. The Hall–Kier alpha value is -0.410. The number of carbonyl (C=O) groups excluding carboxylic acids is 1. The van der Waals surface area contributed by atoms with E-state index in [1.165, 1.54) is 17.3 Å². The lowest BCUT2D eigenvalue weighted by Crippen LogP contribution is -1.93. The number of aryl methyl sites for hydroxylation is 1. The van der Waals surface area contributed by atoms with Gasteiger partial charge in [-0.3, -0.25) is 4.79 Å². The molecule has 1 rings (SSSR count). The topological polar surface area (TPSA) is 17.1 Å². The van der Waals surface area contributed by atoms with Crippen molar-refractivity contribution in [2.75, 3.05) is 12.0 Å². The van der Waals surface area contributed by atoms with Gasteiger partial charge in [-0.2, -0.15) is 12.6 Å². The van der Waals surface area contributed by atoms with Gasteiger partial charge >= 0.3 is 0 Å². The summed E-state index contributed by atoms with van der Waals surface area (Å²) in [5.41, 5.74) is 2.00. The zero-order chi connectivity index (χ0) is 9.68. The second-order valence-electron chi connectivity index (χ2n) is 2.66. The predicted octanol–water partition coefficient (Wildman–Crippen LogP) is 2.66. The first-order valence-electron chi connectivity index (χ1n) is 4.06. The first-order chi connectivity index (χ1) is 6.27. The molecule has 0 amide bonds. The van der Waals surface area contributed by atoms with Crippen LogP contribution in [0.3, 0.4) is 0 Å². The van der Waals surface area contributed by atoms with Crippen LogP contribution >= 0.6 is 24.4 Å². The molecule has 1 nitrogen and oxygen atoms in total. The third kappa shape index (κ3) is 3.08. The molecule has 0 aliphatic carbocycles. The molecule has 3 heteroatoms. The maximum absolute atomic E-state index is 11.2. The highest BCUT2D eigenvalue weighted by molar-refractivity contribution is 8.13. The fourth-order valence-electron chi connectivity index (χ4n) is 1.05. The minimum absolute atomic E-state index is 0.123. The molecule has 0 fully saturated rings. The average molecular weight is 212 g/mol. The van der Waals surface area contributed by atoms with Crippen molar-refractivity contribution in [3.8, 4) is 0 Å². The van der Waals surface area contributed by atoms with Crippen LogP contribution in [-0.2, 0) is 6.42 Å². The summed E-state index contributed by atoms with van der Waals surface area (Å²) in [7, 11) is 0. The van der Waals surface area contributed by atoms with Crippen molar-refractivity contribution < 1.29 is 4.79 Å². The molecule has 1 aromatic carbocycles. The highest BCUT2D eigenvalue weighted by Gasteiger charge is 2.02. The molecular weight excluding hydrogens is 200 g/mol. The molecule has 0 bridgehead atoms. The van der Waals surface area contributed by atoms with Gasteiger partial charge in [-0.05, 0) is 24.0 Å². The zero-order valence-corrected chi connectivity index (χ0v) is 9.20. The van der Waals surface area contributed by atoms with Gasteiger partial charge in [-0.15, -0.1) is 0 Å². The zero-order valence-electron chi connectivity index (χ0n) is 7.49. The van der Waals surface area contributed by atoms with E-state index in [9.17, 15) is 4.79 Å². The molecule has 0 N–H and O–H groups in total. The highest BCUT2D eigenvalue weighted by atomic mass is 32.2. The van der Waals surface area contributed by atoms with Crippen molar-refractivity contribution in [1.29, 1.82) is 0 Å². The first-order valence-corrected chi connectivity index (χ1v) is 5.91. The Balaban J connectivity index is 2.75. The van der Waals surface area contributed by atoms with E-state index in [2.05, 4.69) is 12.6 Å². The minimum atomic E-state index is 0.123. The molecule has 1 aromatic rings. The van der Waals surface area contributed by atoms with E-state index in [1.54, 1.807) is 6.26 Å². The lowest BCUT2D eigenvalue weighted by molar-refractivity contribution is 0.108. The van der Waals surface area contributed by atoms with Crippen molar-refractivity contribution in [1.82, 2.24) is 0 Å². The molecule has 0 heterocycles. The predicted molar refractivity (Wildman–Crippen MR) is 61.8 cm³/mol. The van der Waals surface area contributed by atoms with E-state index in [4.69, 9.17) is 0 Å².